The van der Waals surface area contributed by atoms with Crippen molar-refractivity contribution < 1.29 is 9.47 Å². The topological polar surface area (TPSA) is 43.4 Å². The fourth-order valence-electron chi connectivity index (χ4n) is 2.29. The Hall–Kier alpha value is -1.30. The molecule has 1 atom stereocenters. The van der Waals surface area contributed by atoms with E-state index in [1.54, 1.807) is 11.3 Å². The third-order valence-electron chi connectivity index (χ3n) is 3.45. The molecule has 1 aromatic carbocycles. The first-order valence-corrected chi connectivity index (χ1v) is 8.07. The number of thiazole rings is 1. The number of aromatic nitrogens is 1. The van der Waals surface area contributed by atoms with Crippen LogP contribution in [0.3, 0.4) is 0 Å². The van der Waals surface area contributed by atoms with Gasteiger partial charge in [0.2, 0.25) is 6.79 Å². The molecule has 1 aliphatic heterocycles. The van der Waals surface area contributed by atoms with E-state index in [0.717, 1.165) is 16.3 Å². The van der Waals surface area contributed by atoms with Crippen molar-refractivity contribution in [1.29, 1.82) is 0 Å². The zero-order valence-electron chi connectivity index (χ0n) is 12.1. The zero-order valence-corrected chi connectivity index (χ0v) is 13.7. The average Bonchev–Trinajstić information content (AvgIpc) is 3.08. The van der Waals surface area contributed by atoms with E-state index in [1.807, 2.05) is 19.2 Å². The summed E-state index contributed by atoms with van der Waals surface area (Å²) in [6.45, 7) is 4.51. The van der Waals surface area contributed by atoms with Gasteiger partial charge in [-0.2, -0.15) is 0 Å². The number of nitrogens with one attached hydrogen (secondary N) is 1. The van der Waals surface area contributed by atoms with Crippen molar-refractivity contribution in [2.45, 2.75) is 25.8 Å². The van der Waals surface area contributed by atoms with Crippen LogP contribution in [0, 0.1) is 0 Å². The number of hydrogen-bond donors (Lipinski definition) is 1. The van der Waals surface area contributed by atoms with Crippen LogP contribution in [0.15, 0.2) is 17.5 Å². The first kappa shape index (κ1) is 14.6. The molecule has 3 rings (SSSR count). The molecule has 1 unspecified atom stereocenters. The highest BCUT2D eigenvalue weighted by Gasteiger charge is 2.23. The molecule has 112 valence electrons. The van der Waals surface area contributed by atoms with Crippen LogP contribution in [0.1, 0.15) is 42.1 Å². The van der Waals surface area contributed by atoms with Gasteiger partial charge in [0.05, 0.1) is 16.8 Å². The number of hydrogen-bond acceptors (Lipinski definition) is 5. The van der Waals surface area contributed by atoms with Crippen molar-refractivity contribution in [3.8, 4) is 11.5 Å². The van der Waals surface area contributed by atoms with Gasteiger partial charge in [0.15, 0.2) is 11.5 Å². The van der Waals surface area contributed by atoms with E-state index in [-0.39, 0.29) is 12.8 Å². The van der Waals surface area contributed by atoms with Crippen LogP contribution < -0.4 is 14.8 Å². The Morgan fingerprint density at radius 3 is 2.81 bits per heavy atom. The second-order valence-corrected chi connectivity index (χ2v) is 6.52. The molecule has 0 fully saturated rings. The molecule has 0 saturated carbocycles. The lowest BCUT2D eigenvalue weighted by molar-refractivity contribution is 0.174. The standard InChI is InChI=1S/C15H17ClN2O2S/c1-8(2)11-6-21-15(18-11)13(17-3)9-4-10(16)14-12(5-9)19-7-20-14/h4-6,8,13,17H,7H2,1-3H3. The SMILES string of the molecule is CNC(c1cc(Cl)c2c(c1)OCO2)c1nc(C(C)C)cs1. The zero-order chi connectivity index (χ0) is 15.0. The largest absolute Gasteiger partial charge is 0.454 e. The van der Waals surface area contributed by atoms with Gasteiger partial charge in [-0.05, 0) is 30.7 Å². The van der Waals surface area contributed by atoms with E-state index in [2.05, 4.69) is 24.5 Å². The highest BCUT2D eigenvalue weighted by atomic mass is 35.5. The summed E-state index contributed by atoms with van der Waals surface area (Å²) in [4.78, 5) is 4.72. The van der Waals surface area contributed by atoms with E-state index < -0.39 is 0 Å². The Bertz CT molecular complexity index is 657. The molecule has 0 saturated heterocycles. The minimum atomic E-state index is -0.00509. The maximum Gasteiger partial charge on any atom is 0.231 e. The van der Waals surface area contributed by atoms with Gasteiger partial charge in [-0.15, -0.1) is 11.3 Å². The number of ether oxygens (including phenoxy) is 2. The average molecular weight is 325 g/mol. The normalized spacial score (nSPS) is 14.7. The highest BCUT2D eigenvalue weighted by Crippen LogP contribution is 2.42. The van der Waals surface area contributed by atoms with Crippen LogP contribution in [0.4, 0.5) is 0 Å². The smallest absolute Gasteiger partial charge is 0.231 e. The van der Waals surface area contributed by atoms with Crippen LogP contribution >= 0.6 is 22.9 Å². The Kier molecular flexibility index (Phi) is 4.06. The van der Waals surface area contributed by atoms with Crippen molar-refractivity contribution >= 4 is 22.9 Å². The molecule has 2 aromatic rings. The molecular formula is C15H17ClN2O2S. The second kappa shape index (κ2) is 5.83. The molecule has 0 amide bonds. The number of halogens is 1. The van der Waals surface area contributed by atoms with Crippen LogP contribution in [0.2, 0.25) is 5.02 Å². The number of rotatable bonds is 4. The van der Waals surface area contributed by atoms with Crippen LogP contribution in [0.25, 0.3) is 0 Å². The van der Waals surface area contributed by atoms with Crippen molar-refractivity contribution in [2.75, 3.05) is 13.8 Å². The van der Waals surface area contributed by atoms with E-state index in [0.29, 0.717) is 22.4 Å². The second-order valence-electron chi connectivity index (χ2n) is 5.22. The Balaban J connectivity index is 1.98. The van der Waals surface area contributed by atoms with Gasteiger partial charge in [-0.1, -0.05) is 25.4 Å². The van der Waals surface area contributed by atoms with Crippen molar-refractivity contribution in [1.82, 2.24) is 10.3 Å². The van der Waals surface area contributed by atoms with Crippen molar-refractivity contribution in [2.24, 2.45) is 0 Å². The van der Waals surface area contributed by atoms with E-state index in [9.17, 15) is 0 Å². The van der Waals surface area contributed by atoms with E-state index in [4.69, 9.17) is 26.1 Å². The summed E-state index contributed by atoms with van der Waals surface area (Å²) in [6.07, 6.45) is 0. The number of benzene rings is 1. The van der Waals surface area contributed by atoms with Gasteiger partial charge >= 0.3 is 0 Å². The molecular weight excluding hydrogens is 308 g/mol. The lowest BCUT2D eigenvalue weighted by Crippen LogP contribution is -2.17. The van der Waals surface area contributed by atoms with Gasteiger partial charge in [0.25, 0.3) is 0 Å². The Morgan fingerprint density at radius 2 is 2.14 bits per heavy atom. The first-order valence-electron chi connectivity index (χ1n) is 6.81. The molecule has 1 aromatic heterocycles. The molecule has 1 N–H and O–H groups in total. The molecule has 0 spiro atoms. The summed E-state index contributed by atoms with van der Waals surface area (Å²) in [6, 6.07) is 3.87. The van der Waals surface area contributed by atoms with Gasteiger partial charge in [0, 0.05) is 5.38 Å². The molecule has 0 aliphatic carbocycles. The molecule has 4 nitrogen and oxygen atoms in total. The van der Waals surface area contributed by atoms with Crippen LogP contribution in [-0.4, -0.2) is 18.8 Å². The van der Waals surface area contributed by atoms with E-state index in [1.165, 1.54) is 0 Å². The fourth-order valence-corrected chi connectivity index (χ4v) is 3.67. The number of nitrogens with zero attached hydrogens (tertiary/aromatic N) is 1. The Morgan fingerprint density at radius 1 is 1.33 bits per heavy atom. The molecule has 1 aliphatic rings. The summed E-state index contributed by atoms with van der Waals surface area (Å²) < 4.78 is 10.8. The third-order valence-corrected chi connectivity index (χ3v) is 4.66. The lowest BCUT2D eigenvalue weighted by Gasteiger charge is -2.15. The summed E-state index contributed by atoms with van der Waals surface area (Å²) in [5, 5.41) is 7.00. The summed E-state index contributed by atoms with van der Waals surface area (Å²) in [7, 11) is 1.92. The molecule has 0 radical (unpaired) electrons. The molecule has 6 heteroatoms. The Labute approximate surface area is 133 Å². The quantitative estimate of drug-likeness (QED) is 0.924. The maximum absolute atomic E-state index is 6.27. The van der Waals surface area contributed by atoms with Crippen LogP contribution in [0.5, 0.6) is 11.5 Å². The first-order chi connectivity index (χ1) is 10.1. The van der Waals surface area contributed by atoms with Crippen LogP contribution in [-0.2, 0) is 0 Å². The minimum absolute atomic E-state index is 0.00509. The fraction of sp³-hybridized carbons (Fsp3) is 0.400. The maximum atomic E-state index is 6.27. The third kappa shape index (κ3) is 2.73. The van der Waals surface area contributed by atoms with Crippen molar-refractivity contribution in [3.63, 3.8) is 0 Å². The van der Waals surface area contributed by atoms with Crippen molar-refractivity contribution in [3.05, 3.63) is 38.8 Å². The van der Waals surface area contributed by atoms with Gasteiger partial charge in [0.1, 0.15) is 5.01 Å². The monoisotopic (exact) mass is 324 g/mol. The molecule has 21 heavy (non-hydrogen) atoms. The van der Waals surface area contributed by atoms with Gasteiger partial charge < -0.3 is 14.8 Å². The molecule has 2 heterocycles. The predicted molar refractivity (Wildman–Crippen MR) is 84.7 cm³/mol. The summed E-state index contributed by atoms with van der Waals surface area (Å²) in [5.41, 5.74) is 2.14. The highest BCUT2D eigenvalue weighted by molar-refractivity contribution is 7.09. The lowest BCUT2D eigenvalue weighted by atomic mass is 10.1. The van der Waals surface area contributed by atoms with Gasteiger partial charge in [-0.3, -0.25) is 0 Å². The minimum Gasteiger partial charge on any atom is -0.454 e. The molecule has 0 bridgehead atoms. The number of fused-ring (bicyclic) bond motifs is 1. The summed E-state index contributed by atoms with van der Waals surface area (Å²) in [5.74, 6) is 1.74. The van der Waals surface area contributed by atoms with Gasteiger partial charge in [-0.25, -0.2) is 4.98 Å². The van der Waals surface area contributed by atoms with E-state index >= 15 is 0 Å². The predicted octanol–water partition coefficient (Wildman–Crippen LogP) is 3.96. The summed E-state index contributed by atoms with van der Waals surface area (Å²) >= 11 is 7.92.